The molecule has 3 aromatic rings. The number of benzene rings is 2. The van der Waals surface area contributed by atoms with Crippen molar-refractivity contribution >= 4 is 22.5 Å². The Morgan fingerprint density at radius 2 is 1.70 bits per heavy atom. The zero-order valence-corrected chi connectivity index (χ0v) is 14.5. The third-order valence-corrected chi connectivity index (χ3v) is 5.37. The summed E-state index contributed by atoms with van der Waals surface area (Å²) in [6.45, 7) is 0. The Morgan fingerprint density at radius 1 is 1.04 bits per heavy atom. The van der Waals surface area contributed by atoms with E-state index in [1.807, 2.05) is 0 Å². The second-order valence-corrected chi connectivity index (χ2v) is 7.40. The van der Waals surface area contributed by atoms with Gasteiger partial charge >= 0.3 is 0 Å². The number of fused-ring (bicyclic) bond motifs is 1. The minimum absolute atomic E-state index is 0.159. The number of hydrogen-bond donors (Lipinski definition) is 1. The Balaban J connectivity index is 1.78. The molecule has 0 aliphatic carbocycles. The van der Waals surface area contributed by atoms with Crippen molar-refractivity contribution in [2.45, 2.75) is 11.5 Å². The number of aromatic nitrogens is 2. The Hall–Kier alpha value is -2.94. The van der Waals surface area contributed by atoms with Gasteiger partial charge in [-0.1, -0.05) is 6.07 Å². The van der Waals surface area contributed by atoms with Crippen molar-refractivity contribution in [2.24, 2.45) is 0 Å². The van der Waals surface area contributed by atoms with Crippen molar-refractivity contribution in [3.63, 3.8) is 0 Å². The fourth-order valence-corrected chi connectivity index (χ4v) is 4.17. The van der Waals surface area contributed by atoms with Crippen LogP contribution in [-0.4, -0.2) is 19.9 Å². The normalized spacial score (nSPS) is 15.6. The zero-order valence-electron chi connectivity index (χ0n) is 13.7. The molecule has 1 aliphatic heterocycles. The molecule has 0 spiro atoms. The van der Waals surface area contributed by atoms with Gasteiger partial charge in [0.25, 0.3) is 5.91 Å². The van der Waals surface area contributed by atoms with Crippen LogP contribution in [0.3, 0.4) is 0 Å². The maximum atomic E-state index is 13.9. The van der Waals surface area contributed by atoms with E-state index in [1.165, 1.54) is 28.9 Å². The second-order valence-electron chi connectivity index (χ2n) is 5.94. The van der Waals surface area contributed by atoms with E-state index in [0.717, 1.165) is 18.2 Å². The summed E-state index contributed by atoms with van der Waals surface area (Å²) in [6.07, 6.45) is 0. The van der Waals surface area contributed by atoms with E-state index in [-0.39, 0.29) is 17.3 Å². The first-order valence-electron chi connectivity index (χ1n) is 7.91. The van der Waals surface area contributed by atoms with E-state index in [1.54, 1.807) is 0 Å². The molecule has 0 bridgehead atoms. The Morgan fingerprint density at radius 3 is 2.37 bits per heavy atom. The van der Waals surface area contributed by atoms with Crippen LogP contribution in [0, 0.1) is 17.5 Å². The molecule has 0 saturated heterocycles. The highest BCUT2D eigenvalue weighted by molar-refractivity contribution is 7.83. The summed E-state index contributed by atoms with van der Waals surface area (Å²) in [5, 5.41) is 6.81. The molecule has 1 N–H and O–H groups in total. The molecule has 0 saturated carbocycles. The smallest absolute Gasteiger partial charge is 0.262 e. The maximum Gasteiger partial charge on any atom is 0.262 e. The third-order valence-electron chi connectivity index (χ3n) is 4.16. The van der Waals surface area contributed by atoms with Gasteiger partial charge in [0.05, 0.1) is 22.9 Å². The van der Waals surface area contributed by atoms with Crippen LogP contribution in [-0.2, 0) is 22.3 Å². The van der Waals surface area contributed by atoms with Gasteiger partial charge in [-0.25, -0.2) is 17.9 Å². The van der Waals surface area contributed by atoms with Crippen LogP contribution >= 0.6 is 0 Å². The van der Waals surface area contributed by atoms with Crippen molar-refractivity contribution < 1.29 is 22.2 Å². The summed E-state index contributed by atoms with van der Waals surface area (Å²) in [4.78, 5) is 12.5. The third kappa shape index (κ3) is 3.14. The molecule has 27 heavy (non-hydrogen) atoms. The minimum Gasteiger partial charge on any atom is -0.306 e. The average Bonchev–Trinajstić information content (AvgIpc) is 3.13. The van der Waals surface area contributed by atoms with Gasteiger partial charge in [-0.15, -0.1) is 0 Å². The summed E-state index contributed by atoms with van der Waals surface area (Å²) in [5.41, 5.74) is 0.767. The lowest BCUT2D eigenvalue weighted by atomic mass is 10.1. The predicted molar refractivity (Wildman–Crippen MR) is 93.4 cm³/mol. The van der Waals surface area contributed by atoms with Crippen molar-refractivity contribution in [1.29, 1.82) is 0 Å². The molecule has 9 heteroatoms. The lowest BCUT2D eigenvalue weighted by Gasteiger charge is -2.12. The summed E-state index contributed by atoms with van der Waals surface area (Å²) in [5.74, 6) is -2.91. The Kier molecular flexibility index (Phi) is 4.31. The van der Waals surface area contributed by atoms with Crippen molar-refractivity contribution in [3.05, 3.63) is 76.7 Å². The average molecular weight is 391 g/mol. The monoisotopic (exact) mass is 391 g/mol. The summed E-state index contributed by atoms with van der Waals surface area (Å²) < 4.78 is 54.2. The largest absolute Gasteiger partial charge is 0.306 e. The molecule has 2 aromatic carbocycles. The van der Waals surface area contributed by atoms with Gasteiger partial charge in [-0.2, -0.15) is 5.10 Å². The van der Waals surface area contributed by atoms with E-state index in [9.17, 15) is 22.2 Å². The number of nitrogens with zero attached hydrogens (tertiary/aromatic N) is 2. The lowest BCUT2D eigenvalue weighted by Crippen LogP contribution is -2.19. The van der Waals surface area contributed by atoms with Crippen molar-refractivity contribution in [1.82, 2.24) is 9.78 Å². The molecule has 2 heterocycles. The van der Waals surface area contributed by atoms with Gasteiger partial charge in [0, 0.05) is 16.4 Å². The van der Waals surface area contributed by atoms with Crippen LogP contribution in [0.2, 0.25) is 0 Å². The summed E-state index contributed by atoms with van der Waals surface area (Å²) >= 11 is 0. The summed E-state index contributed by atoms with van der Waals surface area (Å²) in [6, 6.07) is 8.47. The number of carbonyl (C=O) groups excluding carboxylic acids is 1. The van der Waals surface area contributed by atoms with Gasteiger partial charge in [-0.05, 0) is 36.4 Å². The molecular weight excluding hydrogens is 379 g/mol. The van der Waals surface area contributed by atoms with Crippen LogP contribution in [0.1, 0.15) is 21.6 Å². The minimum atomic E-state index is -1.17. The Labute approximate surface area is 154 Å². The number of rotatable bonds is 3. The van der Waals surface area contributed by atoms with E-state index in [4.69, 9.17) is 0 Å². The molecule has 5 nitrogen and oxygen atoms in total. The van der Waals surface area contributed by atoms with E-state index >= 15 is 0 Å². The molecule has 138 valence electrons. The number of anilines is 1. The molecule has 0 fully saturated rings. The van der Waals surface area contributed by atoms with Gasteiger partial charge in [0.1, 0.15) is 28.8 Å². The fraction of sp³-hybridized carbons (Fsp3) is 0.111. The highest BCUT2D eigenvalue weighted by Gasteiger charge is 2.29. The van der Waals surface area contributed by atoms with Gasteiger partial charge in [0.2, 0.25) is 0 Å². The number of amides is 1. The van der Waals surface area contributed by atoms with E-state index < -0.39 is 39.7 Å². The zero-order chi connectivity index (χ0) is 19.1. The molecule has 1 atom stereocenters. The summed E-state index contributed by atoms with van der Waals surface area (Å²) in [7, 11) is -1.17. The Bertz CT molecular complexity index is 1060. The van der Waals surface area contributed by atoms with Gasteiger partial charge in [-0.3, -0.25) is 9.00 Å². The molecule has 0 radical (unpaired) electrons. The van der Waals surface area contributed by atoms with Crippen LogP contribution in [0.25, 0.3) is 5.69 Å². The van der Waals surface area contributed by atoms with Crippen LogP contribution in [0.4, 0.5) is 19.0 Å². The molecule has 1 aromatic heterocycles. The lowest BCUT2D eigenvalue weighted by molar-refractivity contribution is 0.101. The molecule has 4 rings (SSSR count). The highest BCUT2D eigenvalue weighted by atomic mass is 32.2. The number of carbonyl (C=O) groups is 1. The number of nitrogens with one attached hydrogen (secondary N) is 1. The van der Waals surface area contributed by atoms with E-state index in [2.05, 4.69) is 10.4 Å². The first-order valence-corrected chi connectivity index (χ1v) is 9.40. The number of halogens is 3. The quantitative estimate of drug-likeness (QED) is 0.745. The first-order chi connectivity index (χ1) is 12.9. The van der Waals surface area contributed by atoms with Gasteiger partial charge in [0.15, 0.2) is 0 Å². The topological polar surface area (TPSA) is 64.0 Å². The van der Waals surface area contributed by atoms with Crippen LogP contribution in [0.15, 0.2) is 42.5 Å². The van der Waals surface area contributed by atoms with Gasteiger partial charge < -0.3 is 5.32 Å². The number of hydrogen-bond acceptors (Lipinski definition) is 3. The second kappa shape index (κ2) is 6.66. The maximum absolute atomic E-state index is 13.9. The first kappa shape index (κ1) is 17.5. The standard InChI is InChI=1S/C18H12F3N3O2S/c19-10-4-6-11(7-5-10)24-17(12-8-27(26)9-15(12)23-24)22-18(25)16-13(20)2-1-3-14(16)21/h1-7H,8-9H2,(H,22,25)/t27-/m0/s1. The molecule has 0 unspecified atom stereocenters. The van der Waals surface area contributed by atoms with Crippen LogP contribution in [0.5, 0.6) is 0 Å². The van der Waals surface area contributed by atoms with Crippen molar-refractivity contribution in [2.75, 3.05) is 5.32 Å². The molecule has 1 aliphatic rings. The molecular formula is C18H12F3N3O2S. The highest BCUT2D eigenvalue weighted by Crippen LogP contribution is 2.32. The SMILES string of the molecule is O=C(Nc1c2c(nn1-c1ccc(F)cc1)C[S@@](=O)C2)c1c(F)cccc1F. The predicted octanol–water partition coefficient (Wildman–Crippen LogP) is 3.30. The van der Waals surface area contributed by atoms with Crippen LogP contribution < -0.4 is 5.32 Å². The van der Waals surface area contributed by atoms with E-state index in [0.29, 0.717) is 16.9 Å². The molecule has 1 amide bonds. The van der Waals surface area contributed by atoms with Crippen molar-refractivity contribution in [3.8, 4) is 5.69 Å². The fourth-order valence-electron chi connectivity index (χ4n) is 2.91.